The molecule has 0 unspecified atom stereocenters. The van der Waals surface area contributed by atoms with E-state index >= 15 is 0 Å². The highest BCUT2D eigenvalue weighted by molar-refractivity contribution is 5.67. The van der Waals surface area contributed by atoms with Crippen molar-refractivity contribution in [1.29, 1.82) is 0 Å². The number of alkyl carbamates (subject to hydrolysis) is 1. The first-order valence-corrected chi connectivity index (χ1v) is 16.8. The Morgan fingerprint density at radius 2 is 1.87 bits per heavy atom. The van der Waals surface area contributed by atoms with Gasteiger partial charge < -0.3 is 14.8 Å². The molecule has 0 saturated heterocycles. The maximum absolute atomic E-state index is 12.6. The molecule has 0 spiro atoms. The second kappa shape index (κ2) is 12.9. The van der Waals surface area contributed by atoms with Gasteiger partial charge in [0, 0.05) is 19.6 Å². The number of unbranched alkanes of at least 4 members (excludes halogenated alkanes) is 1. The van der Waals surface area contributed by atoms with Gasteiger partial charge in [0.15, 0.2) is 0 Å². The van der Waals surface area contributed by atoms with Crippen molar-refractivity contribution in [3.8, 4) is 0 Å². The van der Waals surface area contributed by atoms with E-state index in [1.54, 1.807) is 5.57 Å². The van der Waals surface area contributed by atoms with Gasteiger partial charge >= 0.3 is 6.09 Å². The molecule has 0 aromatic rings. The van der Waals surface area contributed by atoms with E-state index in [-0.39, 0.29) is 17.8 Å². The van der Waals surface area contributed by atoms with E-state index in [1.807, 2.05) is 6.92 Å². The fourth-order valence-corrected chi connectivity index (χ4v) is 9.61. The Morgan fingerprint density at radius 1 is 1.08 bits per heavy atom. The summed E-state index contributed by atoms with van der Waals surface area (Å²) < 4.78 is 11.7. The summed E-state index contributed by atoms with van der Waals surface area (Å²) in [7, 11) is 0. The Morgan fingerprint density at radius 3 is 2.62 bits per heavy atom. The highest BCUT2D eigenvalue weighted by Gasteiger charge is 2.58. The van der Waals surface area contributed by atoms with Gasteiger partial charge in [-0.1, -0.05) is 58.6 Å². The number of carbonyl (C=O) groups is 1. The highest BCUT2D eigenvalue weighted by atomic mass is 16.6. The summed E-state index contributed by atoms with van der Waals surface area (Å²) in [5.41, 5.74) is 2.33. The van der Waals surface area contributed by atoms with Crippen molar-refractivity contribution in [2.24, 2.45) is 40.4 Å². The van der Waals surface area contributed by atoms with E-state index in [0.29, 0.717) is 17.4 Å². The molecule has 0 aromatic heterocycles. The van der Waals surface area contributed by atoms with Crippen molar-refractivity contribution < 1.29 is 14.3 Å². The zero-order valence-corrected chi connectivity index (χ0v) is 26.6. The molecule has 0 radical (unpaired) electrons. The van der Waals surface area contributed by atoms with E-state index in [9.17, 15) is 4.79 Å². The maximum atomic E-state index is 12.6. The topological polar surface area (TPSA) is 47.6 Å². The molecule has 0 heterocycles. The summed E-state index contributed by atoms with van der Waals surface area (Å²) in [4.78, 5) is 12.6. The van der Waals surface area contributed by atoms with Gasteiger partial charge in [-0.2, -0.15) is 0 Å². The van der Waals surface area contributed by atoms with Crippen molar-refractivity contribution in [3.63, 3.8) is 0 Å². The van der Waals surface area contributed by atoms with Crippen molar-refractivity contribution >= 4 is 6.09 Å². The van der Waals surface area contributed by atoms with Crippen LogP contribution in [0.4, 0.5) is 4.79 Å². The Bertz CT molecular complexity index is 849. The third-order valence-electron chi connectivity index (χ3n) is 11.9. The minimum Gasteiger partial charge on any atom is -0.446 e. The number of ether oxygens (including phenoxy) is 2. The minimum atomic E-state index is -0.245. The van der Waals surface area contributed by atoms with Gasteiger partial charge in [0.1, 0.15) is 6.10 Å². The molecule has 1 N–H and O–H groups in total. The van der Waals surface area contributed by atoms with Gasteiger partial charge in [-0.25, -0.2) is 4.79 Å². The molecule has 0 aliphatic heterocycles. The van der Waals surface area contributed by atoms with E-state index in [0.717, 1.165) is 61.9 Å². The van der Waals surface area contributed by atoms with Crippen LogP contribution in [0.3, 0.4) is 0 Å². The molecule has 4 aliphatic carbocycles. The Hall–Kier alpha value is -1.03. The van der Waals surface area contributed by atoms with Gasteiger partial charge in [-0.15, -0.1) is 0 Å². The minimum absolute atomic E-state index is 0.0243. The Kier molecular flexibility index (Phi) is 10.2. The van der Waals surface area contributed by atoms with E-state index in [1.165, 1.54) is 64.2 Å². The van der Waals surface area contributed by atoms with Crippen LogP contribution in [0, 0.1) is 40.4 Å². The molecular formula is C35H61NO3. The van der Waals surface area contributed by atoms with Crippen LogP contribution < -0.4 is 5.32 Å². The van der Waals surface area contributed by atoms with Crippen LogP contribution in [0.15, 0.2) is 11.6 Å². The van der Waals surface area contributed by atoms with Crippen molar-refractivity contribution in [2.45, 2.75) is 150 Å². The van der Waals surface area contributed by atoms with Gasteiger partial charge in [-0.05, 0) is 125 Å². The largest absolute Gasteiger partial charge is 0.446 e. The molecule has 3 saturated carbocycles. The number of fused-ring (bicyclic) bond motifs is 5. The number of hydrogen-bond acceptors (Lipinski definition) is 3. The summed E-state index contributed by atoms with van der Waals surface area (Å²) >= 11 is 0. The van der Waals surface area contributed by atoms with Crippen molar-refractivity contribution in [3.05, 3.63) is 11.6 Å². The number of hydrogen-bond donors (Lipinski definition) is 1. The number of carbonyl (C=O) groups excluding carboxylic acids is 1. The van der Waals surface area contributed by atoms with Crippen LogP contribution in [-0.4, -0.2) is 30.9 Å². The summed E-state index contributed by atoms with van der Waals surface area (Å²) in [6.45, 7) is 17.6. The summed E-state index contributed by atoms with van der Waals surface area (Å²) in [5, 5.41) is 2.99. The average molecular weight is 544 g/mol. The molecule has 0 aromatic carbocycles. The maximum Gasteiger partial charge on any atom is 0.407 e. The molecule has 3 fully saturated rings. The predicted molar refractivity (Wildman–Crippen MR) is 162 cm³/mol. The van der Waals surface area contributed by atoms with Gasteiger partial charge in [0.2, 0.25) is 0 Å². The van der Waals surface area contributed by atoms with Gasteiger partial charge in [0.05, 0.1) is 5.60 Å². The lowest BCUT2D eigenvalue weighted by molar-refractivity contribution is -0.0519. The third kappa shape index (κ3) is 7.07. The van der Waals surface area contributed by atoms with E-state index < -0.39 is 0 Å². The van der Waals surface area contributed by atoms with Gasteiger partial charge in [-0.3, -0.25) is 0 Å². The molecule has 4 nitrogen and oxygen atoms in total. The first kappa shape index (κ1) is 30.9. The first-order chi connectivity index (χ1) is 18.5. The zero-order valence-electron chi connectivity index (χ0n) is 26.6. The molecule has 0 bridgehead atoms. The standard InChI is InChI=1S/C35H61NO3/c1-8-38-33(4,5)20-11-23-36-32(37)39-28-18-21-35(7)27(24-28)14-16-29-30-17-15-26(13-10-9-12-25(2)3)34(30,6)22-19-31(29)35/h14,25-26,28-31H,8-13,15-24H2,1-7H3,(H,36,37)/t26-,28-,29-,30-,31-,34+,35-/m0/s1. The fraction of sp³-hybridized carbons (Fsp3) is 0.914. The summed E-state index contributed by atoms with van der Waals surface area (Å²) in [5.74, 6) is 4.38. The monoisotopic (exact) mass is 543 g/mol. The fourth-order valence-electron chi connectivity index (χ4n) is 9.61. The lowest BCUT2D eigenvalue weighted by Gasteiger charge is -2.58. The van der Waals surface area contributed by atoms with Crippen molar-refractivity contribution in [2.75, 3.05) is 13.2 Å². The van der Waals surface area contributed by atoms with Gasteiger partial charge in [0.25, 0.3) is 0 Å². The molecular weight excluding hydrogens is 482 g/mol. The molecule has 7 atom stereocenters. The summed E-state index contributed by atoms with van der Waals surface area (Å²) in [6.07, 6.45) is 20.0. The van der Waals surface area contributed by atoms with Crippen LogP contribution in [0.25, 0.3) is 0 Å². The zero-order chi connectivity index (χ0) is 28.3. The molecule has 4 rings (SSSR count). The molecule has 224 valence electrons. The van der Waals surface area contributed by atoms with Crippen LogP contribution in [0.5, 0.6) is 0 Å². The van der Waals surface area contributed by atoms with E-state index in [4.69, 9.17) is 9.47 Å². The van der Waals surface area contributed by atoms with E-state index in [2.05, 4.69) is 52.9 Å². The Labute approximate surface area is 240 Å². The normalized spacial score (nSPS) is 36.1. The second-order valence-electron chi connectivity index (χ2n) is 15.2. The SMILES string of the molecule is CCOC(C)(C)CCCNC(=O)O[C@H]1CC[C@@]2(C)C(=CC[C@H]3[C@@H]4CC[C@H](CCCCC(C)C)[C@@]4(C)CC[C@@H]32)C1. The molecule has 39 heavy (non-hydrogen) atoms. The molecule has 1 amide bonds. The van der Waals surface area contributed by atoms with Crippen LogP contribution >= 0.6 is 0 Å². The number of amides is 1. The lowest BCUT2D eigenvalue weighted by atomic mass is 9.47. The summed E-state index contributed by atoms with van der Waals surface area (Å²) in [6, 6.07) is 0. The van der Waals surface area contributed by atoms with Crippen LogP contribution in [0.2, 0.25) is 0 Å². The molecule has 4 aliphatic rings. The Balaban J connectivity index is 1.28. The van der Waals surface area contributed by atoms with Crippen molar-refractivity contribution in [1.82, 2.24) is 5.32 Å². The smallest absolute Gasteiger partial charge is 0.407 e. The first-order valence-electron chi connectivity index (χ1n) is 16.8. The van der Waals surface area contributed by atoms with Crippen LogP contribution in [0.1, 0.15) is 138 Å². The molecule has 4 heteroatoms. The number of nitrogens with one attached hydrogen (secondary N) is 1. The predicted octanol–water partition coefficient (Wildman–Crippen LogP) is 9.47. The second-order valence-corrected chi connectivity index (χ2v) is 15.2. The number of rotatable bonds is 12. The quantitative estimate of drug-likeness (QED) is 0.197. The number of allylic oxidation sites excluding steroid dienone is 1. The lowest BCUT2D eigenvalue weighted by Crippen LogP contribution is -2.50. The third-order valence-corrected chi connectivity index (χ3v) is 11.9. The van der Waals surface area contributed by atoms with Crippen LogP contribution in [-0.2, 0) is 9.47 Å². The average Bonchev–Trinajstić information content (AvgIpc) is 3.21. The highest BCUT2D eigenvalue weighted by Crippen LogP contribution is 2.66.